The number of nitro benzene ring substituents is 1. The number of hydrogen-bond acceptors (Lipinski definition) is 5. The first-order chi connectivity index (χ1) is 14.2. The van der Waals surface area contributed by atoms with Gasteiger partial charge in [0.15, 0.2) is 0 Å². The summed E-state index contributed by atoms with van der Waals surface area (Å²) in [4.78, 5) is 10.4. The molecule has 9 heteroatoms. The van der Waals surface area contributed by atoms with Crippen molar-refractivity contribution >= 4 is 21.4 Å². The van der Waals surface area contributed by atoms with E-state index in [4.69, 9.17) is 0 Å². The summed E-state index contributed by atoms with van der Waals surface area (Å²) in [6, 6.07) is 14.1. The van der Waals surface area contributed by atoms with Crippen molar-refractivity contribution in [1.29, 1.82) is 0 Å². The van der Waals surface area contributed by atoms with Crippen LogP contribution in [0, 0.1) is 10.1 Å². The van der Waals surface area contributed by atoms with Gasteiger partial charge in [0.05, 0.1) is 27.7 Å². The van der Waals surface area contributed by atoms with Gasteiger partial charge in [-0.1, -0.05) is 32.0 Å². The lowest BCUT2D eigenvalue weighted by Gasteiger charge is -2.24. The molecule has 0 unspecified atom stereocenters. The second kappa shape index (κ2) is 8.66. The van der Waals surface area contributed by atoms with Gasteiger partial charge in [-0.05, 0) is 42.7 Å². The summed E-state index contributed by atoms with van der Waals surface area (Å²) in [6.07, 6.45) is 1.79. The van der Waals surface area contributed by atoms with Crippen molar-refractivity contribution in [2.45, 2.75) is 44.7 Å². The van der Waals surface area contributed by atoms with E-state index in [2.05, 4.69) is 18.9 Å². The molecule has 0 aliphatic heterocycles. The van der Waals surface area contributed by atoms with Gasteiger partial charge in [-0.15, -0.1) is 0 Å². The third-order valence-corrected chi connectivity index (χ3v) is 6.56. The number of rotatable bonds is 8. The predicted molar refractivity (Wildman–Crippen MR) is 115 cm³/mol. The molecule has 3 rings (SSSR count). The van der Waals surface area contributed by atoms with Crippen LogP contribution in [0.2, 0.25) is 0 Å². The molecule has 0 saturated heterocycles. The Morgan fingerprint density at radius 1 is 1.13 bits per heavy atom. The largest absolute Gasteiger partial charge is 0.273 e. The standard InChI is InChI=1S/C21H24N4O4S/c1-4-23-13-12-18(22-23)15-24(19-10-8-17(9-11-19)16(2)3)30(28,29)21-7-5-6-20(14-21)25(26)27/h5-14,16H,4,15H2,1-3H3. The molecule has 0 saturated carbocycles. The third kappa shape index (κ3) is 4.51. The van der Waals surface area contributed by atoms with Crippen LogP contribution in [0.1, 0.15) is 37.9 Å². The highest BCUT2D eigenvalue weighted by Crippen LogP contribution is 2.29. The molecule has 8 nitrogen and oxygen atoms in total. The molecule has 158 valence electrons. The zero-order chi connectivity index (χ0) is 21.9. The molecule has 1 heterocycles. The van der Waals surface area contributed by atoms with Crippen LogP contribution in [0.3, 0.4) is 0 Å². The lowest BCUT2D eigenvalue weighted by atomic mass is 10.0. The molecule has 0 aliphatic rings. The Hall–Kier alpha value is -3.20. The fourth-order valence-corrected chi connectivity index (χ4v) is 4.51. The maximum Gasteiger partial charge on any atom is 0.270 e. The molecular formula is C21H24N4O4S. The van der Waals surface area contributed by atoms with E-state index in [1.165, 1.54) is 22.5 Å². The summed E-state index contributed by atoms with van der Waals surface area (Å²) in [5.74, 6) is 0.307. The van der Waals surface area contributed by atoms with E-state index in [1.807, 2.05) is 19.1 Å². The zero-order valence-corrected chi connectivity index (χ0v) is 17.9. The van der Waals surface area contributed by atoms with E-state index < -0.39 is 14.9 Å². The molecule has 0 amide bonds. The van der Waals surface area contributed by atoms with Crippen LogP contribution in [0.5, 0.6) is 0 Å². The van der Waals surface area contributed by atoms with Gasteiger partial charge in [0.2, 0.25) is 0 Å². The molecule has 30 heavy (non-hydrogen) atoms. The Kier molecular flexibility index (Phi) is 6.21. The van der Waals surface area contributed by atoms with E-state index in [-0.39, 0.29) is 17.1 Å². The first kappa shape index (κ1) is 21.5. The van der Waals surface area contributed by atoms with Crippen molar-refractivity contribution in [2.24, 2.45) is 0 Å². The van der Waals surface area contributed by atoms with Crippen LogP contribution in [0.4, 0.5) is 11.4 Å². The van der Waals surface area contributed by atoms with Gasteiger partial charge < -0.3 is 0 Å². The fourth-order valence-electron chi connectivity index (χ4n) is 3.04. The van der Waals surface area contributed by atoms with Gasteiger partial charge in [-0.25, -0.2) is 8.42 Å². The van der Waals surface area contributed by atoms with Crippen LogP contribution in [0.25, 0.3) is 0 Å². The number of anilines is 1. The van der Waals surface area contributed by atoms with Gasteiger partial charge in [-0.3, -0.25) is 19.1 Å². The Morgan fingerprint density at radius 2 is 1.83 bits per heavy atom. The SMILES string of the molecule is CCn1ccc(CN(c2ccc(C(C)C)cc2)S(=O)(=O)c2cccc([N+](=O)[O-])c2)n1. The molecule has 3 aromatic rings. The van der Waals surface area contributed by atoms with Crippen molar-refractivity contribution in [1.82, 2.24) is 9.78 Å². The smallest absolute Gasteiger partial charge is 0.270 e. The highest BCUT2D eigenvalue weighted by molar-refractivity contribution is 7.92. The summed E-state index contributed by atoms with van der Waals surface area (Å²) in [7, 11) is -4.06. The van der Waals surface area contributed by atoms with Crippen LogP contribution < -0.4 is 4.31 Å². The van der Waals surface area contributed by atoms with Gasteiger partial charge in [-0.2, -0.15) is 5.10 Å². The number of hydrogen-bond donors (Lipinski definition) is 0. The second-order valence-corrected chi connectivity index (χ2v) is 9.04. The normalized spacial score (nSPS) is 11.6. The second-order valence-electron chi connectivity index (χ2n) is 7.18. The number of benzene rings is 2. The highest BCUT2D eigenvalue weighted by Gasteiger charge is 2.27. The third-order valence-electron chi connectivity index (χ3n) is 4.79. The lowest BCUT2D eigenvalue weighted by molar-refractivity contribution is -0.385. The molecule has 0 bridgehead atoms. The number of sulfonamides is 1. The van der Waals surface area contributed by atoms with Crippen molar-refractivity contribution in [3.8, 4) is 0 Å². The molecule has 0 spiro atoms. The van der Waals surface area contributed by atoms with Crippen molar-refractivity contribution in [3.05, 3.63) is 82.2 Å². The molecular weight excluding hydrogens is 404 g/mol. The van der Waals surface area contributed by atoms with Crippen molar-refractivity contribution < 1.29 is 13.3 Å². The molecule has 0 aliphatic carbocycles. The highest BCUT2D eigenvalue weighted by atomic mass is 32.2. The van der Waals surface area contributed by atoms with Gasteiger partial charge >= 0.3 is 0 Å². The lowest BCUT2D eigenvalue weighted by Crippen LogP contribution is -2.31. The molecule has 0 atom stereocenters. The zero-order valence-electron chi connectivity index (χ0n) is 17.1. The van der Waals surface area contributed by atoms with Crippen LogP contribution >= 0.6 is 0 Å². The predicted octanol–water partition coefficient (Wildman–Crippen LogP) is 4.33. The van der Waals surface area contributed by atoms with E-state index in [0.29, 0.717) is 23.8 Å². The van der Waals surface area contributed by atoms with Crippen LogP contribution in [-0.4, -0.2) is 23.1 Å². The Balaban J connectivity index is 2.07. The van der Waals surface area contributed by atoms with Gasteiger partial charge in [0.25, 0.3) is 15.7 Å². The Bertz CT molecular complexity index is 1140. The summed E-state index contributed by atoms with van der Waals surface area (Å²) >= 11 is 0. The minimum Gasteiger partial charge on any atom is -0.273 e. The monoisotopic (exact) mass is 428 g/mol. The summed E-state index contributed by atoms with van der Waals surface area (Å²) in [5, 5.41) is 15.5. The summed E-state index contributed by atoms with van der Waals surface area (Å²) < 4.78 is 29.9. The average molecular weight is 429 g/mol. The number of aromatic nitrogens is 2. The first-order valence-electron chi connectivity index (χ1n) is 9.62. The van der Waals surface area contributed by atoms with Crippen molar-refractivity contribution in [3.63, 3.8) is 0 Å². The van der Waals surface area contributed by atoms with E-state index in [1.54, 1.807) is 29.1 Å². The number of nitrogens with zero attached hydrogens (tertiary/aromatic N) is 4. The van der Waals surface area contributed by atoms with Crippen molar-refractivity contribution in [2.75, 3.05) is 4.31 Å². The molecule has 2 aromatic carbocycles. The van der Waals surface area contributed by atoms with Gasteiger partial charge in [0.1, 0.15) is 0 Å². The molecule has 1 aromatic heterocycles. The minimum atomic E-state index is -4.06. The summed E-state index contributed by atoms with van der Waals surface area (Å²) in [6.45, 7) is 6.74. The quantitative estimate of drug-likeness (QED) is 0.393. The fraction of sp³-hybridized carbons (Fsp3) is 0.286. The first-order valence-corrected chi connectivity index (χ1v) is 11.1. The van der Waals surface area contributed by atoms with Crippen LogP contribution in [0.15, 0.2) is 65.7 Å². The maximum atomic E-state index is 13.5. The molecule has 0 fully saturated rings. The topological polar surface area (TPSA) is 98.3 Å². The van der Waals surface area contributed by atoms with Crippen LogP contribution in [-0.2, 0) is 23.1 Å². The number of non-ortho nitro benzene ring substituents is 1. The minimum absolute atomic E-state index is 0.0129. The van der Waals surface area contributed by atoms with E-state index >= 15 is 0 Å². The molecule has 0 N–H and O–H groups in total. The number of aryl methyl sites for hydroxylation is 1. The van der Waals surface area contributed by atoms with E-state index in [0.717, 1.165) is 11.6 Å². The Morgan fingerprint density at radius 3 is 2.40 bits per heavy atom. The summed E-state index contributed by atoms with van der Waals surface area (Å²) in [5.41, 5.74) is 1.86. The van der Waals surface area contributed by atoms with Gasteiger partial charge in [0, 0.05) is 24.9 Å². The Labute approximate surface area is 176 Å². The molecule has 0 radical (unpaired) electrons. The average Bonchev–Trinajstić information content (AvgIpc) is 3.20. The maximum absolute atomic E-state index is 13.5. The number of nitro groups is 1. The van der Waals surface area contributed by atoms with E-state index in [9.17, 15) is 18.5 Å².